The quantitative estimate of drug-likeness (QED) is 0.777. The molecule has 0 bridgehead atoms. The monoisotopic (exact) mass is 365 g/mol. The van der Waals surface area contributed by atoms with Gasteiger partial charge in [0.1, 0.15) is 11.6 Å². The number of halogens is 2. The van der Waals surface area contributed by atoms with Crippen molar-refractivity contribution < 1.29 is 18.3 Å². The molecule has 1 atom stereocenters. The second-order valence-corrected chi connectivity index (χ2v) is 7.26. The molecule has 0 saturated heterocycles. The van der Waals surface area contributed by atoms with Gasteiger partial charge in [0.2, 0.25) is 0 Å². The average Bonchev–Trinajstić information content (AvgIpc) is 3.02. The Morgan fingerprint density at radius 3 is 2.42 bits per heavy atom. The first kappa shape index (κ1) is 19.9. The number of alkyl halides is 2. The minimum Gasteiger partial charge on any atom is -0.481 e. The van der Waals surface area contributed by atoms with Gasteiger partial charge in [-0.05, 0) is 30.0 Å². The van der Waals surface area contributed by atoms with Crippen LogP contribution < -0.4 is 4.74 Å². The number of ether oxygens (including phenoxy) is 1. The van der Waals surface area contributed by atoms with E-state index in [-0.39, 0.29) is 23.7 Å². The molecule has 0 fully saturated rings. The van der Waals surface area contributed by atoms with Crippen molar-refractivity contribution >= 4 is 5.91 Å². The molecular formula is C19H25F2N3O2. The van der Waals surface area contributed by atoms with E-state index >= 15 is 0 Å². The molecule has 2 rings (SSSR count). The number of aromatic nitrogens is 2. The van der Waals surface area contributed by atoms with E-state index in [0.29, 0.717) is 5.75 Å². The Balaban J connectivity index is 1.99. The highest BCUT2D eigenvalue weighted by atomic mass is 19.3. The number of imidazole rings is 1. The van der Waals surface area contributed by atoms with Crippen LogP contribution in [0.25, 0.3) is 0 Å². The van der Waals surface area contributed by atoms with Gasteiger partial charge >= 0.3 is 6.55 Å². The maximum atomic E-state index is 12.9. The Bertz CT molecular complexity index is 736. The second kappa shape index (κ2) is 7.85. The number of likely N-dealkylation sites (N-methyl/N-ethyl adjacent to an activating group) is 1. The van der Waals surface area contributed by atoms with Crippen molar-refractivity contribution in [3.8, 4) is 5.75 Å². The minimum absolute atomic E-state index is 0.0210. The predicted octanol–water partition coefficient (Wildman–Crippen LogP) is 4.00. The maximum Gasteiger partial charge on any atom is 0.319 e. The van der Waals surface area contributed by atoms with Crippen molar-refractivity contribution in [2.75, 3.05) is 7.05 Å². The third kappa shape index (κ3) is 4.80. The van der Waals surface area contributed by atoms with Gasteiger partial charge in [0.05, 0.1) is 6.54 Å². The van der Waals surface area contributed by atoms with E-state index in [1.165, 1.54) is 29.9 Å². The summed E-state index contributed by atoms with van der Waals surface area (Å²) in [4.78, 5) is 17.7. The first-order chi connectivity index (χ1) is 12.1. The van der Waals surface area contributed by atoms with Crippen LogP contribution in [0.4, 0.5) is 8.78 Å². The zero-order valence-electron chi connectivity index (χ0n) is 15.7. The highest BCUT2D eigenvalue weighted by Gasteiger charge is 2.22. The summed E-state index contributed by atoms with van der Waals surface area (Å²) >= 11 is 0. The third-order valence-electron chi connectivity index (χ3n) is 4.09. The second-order valence-electron chi connectivity index (χ2n) is 7.26. The molecule has 0 radical (unpaired) electrons. The lowest BCUT2D eigenvalue weighted by Gasteiger charge is -2.23. The van der Waals surface area contributed by atoms with Crippen LogP contribution in [0.1, 0.15) is 45.6 Å². The molecule has 0 aliphatic rings. The number of rotatable bonds is 6. The van der Waals surface area contributed by atoms with E-state index < -0.39 is 12.7 Å². The van der Waals surface area contributed by atoms with Crippen molar-refractivity contribution in [3.63, 3.8) is 0 Å². The van der Waals surface area contributed by atoms with Gasteiger partial charge in [-0.3, -0.25) is 9.36 Å². The molecule has 0 aliphatic carbocycles. The van der Waals surface area contributed by atoms with Gasteiger partial charge in [0, 0.05) is 19.4 Å². The molecule has 5 nitrogen and oxygen atoms in total. The molecule has 1 heterocycles. The Morgan fingerprint density at radius 2 is 1.88 bits per heavy atom. The largest absolute Gasteiger partial charge is 0.481 e. The first-order valence-electron chi connectivity index (χ1n) is 8.41. The van der Waals surface area contributed by atoms with Crippen molar-refractivity contribution in [2.24, 2.45) is 0 Å². The molecule has 1 unspecified atom stereocenters. The molecule has 0 aliphatic heterocycles. The first-order valence-corrected chi connectivity index (χ1v) is 8.41. The normalized spacial score (nSPS) is 12.9. The van der Waals surface area contributed by atoms with Gasteiger partial charge < -0.3 is 9.64 Å². The molecular weight excluding hydrogens is 340 g/mol. The van der Waals surface area contributed by atoms with E-state index in [2.05, 4.69) is 25.8 Å². The maximum absolute atomic E-state index is 12.9. The van der Waals surface area contributed by atoms with E-state index in [0.717, 1.165) is 4.57 Å². The van der Waals surface area contributed by atoms with Gasteiger partial charge in [0.15, 0.2) is 6.10 Å². The van der Waals surface area contributed by atoms with Crippen molar-refractivity contribution in [3.05, 3.63) is 48.0 Å². The topological polar surface area (TPSA) is 47.4 Å². The highest BCUT2D eigenvalue weighted by Crippen LogP contribution is 2.24. The van der Waals surface area contributed by atoms with Crippen LogP contribution in [-0.2, 0) is 16.8 Å². The molecule has 1 amide bonds. The number of carbonyl (C=O) groups is 1. The van der Waals surface area contributed by atoms with Gasteiger partial charge in [-0.15, -0.1) is 0 Å². The Hall–Kier alpha value is -2.44. The van der Waals surface area contributed by atoms with E-state index in [1.807, 2.05) is 24.3 Å². The van der Waals surface area contributed by atoms with Gasteiger partial charge in [-0.1, -0.05) is 32.9 Å². The number of amides is 1. The number of benzene rings is 1. The molecule has 0 spiro atoms. The zero-order chi connectivity index (χ0) is 19.5. The van der Waals surface area contributed by atoms with E-state index in [1.54, 1.807) is 6.92 Å². The van der Waals surface area contributed by atoms with Gasteiger partial charge in [-0.25, -0.2) is 4.98 Å². The Kier molecular flexibility index (Phi) is 6.00. The number of nitrogens with zero attached hydrogens (tertiary/aromatic N) is 3. The van der Waals surface area contributed by atoms with Crippen LogP contribution in [0, 0.1) is 0 Å². The van der Waals surface area contributed by atoms with Crippen LogP contribution in [0.2, 0.25) is 0 Å². The molecule has 0 N–H and O–H groups in total. The summed E-state index contributed by atoms with van der Waals surface area (Å²) < 4.78 is 32.2. The highest BCUT2D eigenvalue weighted by molar-refractivity contribution is 5.80. The lowest BCUT2D eigenvalue weighted by Crippen LogP contribution is -2.38. The van der Waals surface area contributed by atoms with Crippen LogP contribution in [0.5, 0.6) is 5.75 Å². The summed E-state index contributed by atoms with van der Waals surface area (Å²) in [6.45, 7) is 5.28. The summed E-state index contributed by atoms with van der Waals surface area (Å²) in [7, 11) is 1.54. The summed E-state index contributed by atoms with van der Waals surface area (Å²) in [6, 6.07) is 7.59. The van der Waals surface area contributed by atoms with Crippen LogP contribution >= 0.6 is 0 Å². The fourth-order valence-electron chi connectivity index (χ4n) is 2.53. The van der Waals surface area contributed by atoms with Crippen LogP contribution in [0.15, 0.2) is 36.7 Å². The summed E-state index contributed by atoms with van der Waals surface area (Å²) in [6.07, 6.45) is 1.74. The molecule has 7 heteroatoms. The molecule has 1 aromatic carbocycles. The predicted molar refractivity (Wildman–Crippen MR) is 95.2 cm³/mol. The lowest BCUT2D eigenvalue weighted by atomic mass is 9.87. The standard InChI is InChI=1S/C19H25F2N3O2/c1-13(26-15-8-6-14(7-9-15)19(2,3)4)17(25)23(5)12-16-22-10-11-24(16)18(20)21/h6-11,13,18H,12H2,1-5H3. The average molecular weight is 365 g/mol. The number of hydrogen-bond donors (Lipinski definition) is 0. The van der Waals surface area contributed by atoms with Crippen LogP contribution in [0.3, 0.4) is 0 Å². The number of carbonyl (C=O) groups excluding carboxylic acids is 1. The smallest absolute Gasteiger partial charge is 0.319 e. The number of hydrogen-bond acceptors (Lipinski definition) is 3. The summed E-state index contributed by atoms with van der Waals surface area (Å²) in [5.74, 6) is 0.396. The fraction of sp³-hybridized carbons (Fsp3) is 0.474. The molecule has 1 aromatic heterocycles. The van der Waals surface area contributed by atoms with Crippen molar-refractivity contribution in [1.29, 1.82) is 0 Å². The third-order valence-corrected chi connectivity index (χ3v) is 4.09. The van der Waals surface area contributed by atoms with E-state index in [4.69, 9.17) is 4.74 Å². The minimum atomic E-state index is -2.69. The zero-order valence-corrected chi connectivity index (χ0v) is 15.7. The van der Waals surface area contributed by atoms with Crippen LogP contribution in [-0.4, -0.2) is 33.5 Å². The fourth-order valence-corrected chi connectivity index (χ4v) is 2.53. The summed E-state index contributed by atoms with van der Waals surface area (Å²) in [5.41, 5.74) is 1.20. The van der Waals surface area contributed by atoms with Crippen molar-refractivity contribution in [1.82, 2.24) is 14.5 Å². The van der Waals surface area contributed by atoms with Gasteiger partial charge in [-0.2, -0.15) is 8.78 Å². The van der Waals surface area contributed by atoms with E-state index in [9.17, 15) is 13.6 Å². The Morgan fingerprint density at radius 1 is 1.27 bits per heavy atom. The van der Waals surface area contributed by atoms with Crippen molar-refractivity contribution in [2.45, 2.75) is 52.3 Å². The molecule has 0 saturated carbocycles. The lowest BCUT2D eigenvalue weighted by molar-refractivity contribution is -0.137. The Labute approximate surface area is 152 Å². The summed E-state index contributed by atoms with van der Waals surface area (Å²) in [5, 5.41) is 0. The van der Waals surface area contributed by atoms with Gasteiger partial charge in [0.25, 0.3) is 5.91 Å². The molecule has 26 heavy (non-hydrogen) atoms. The molecule has 142 valence electrons. The molecule has 2 aromatic rings. The SMILES string of the molecule is CC(Oc1ccc(C(C)(C)C)cc1)C(=O)N(C)Cc1nccn1C(F)F.